The fraction of sp³-hybridized carbons (Fsp3) is 0.412. The lowest BCUT2D eigenvalue weighted by atomic mass is 10.0. The molecule has 0 amide bonds. The van der Waals surface area contributed by atoms with Gasteiger partial charge in [-0.1, -0.05) is 6.92 Å². The summed E-state index contributed by atoms with van der Waals surface area (Å²) in [5.41, 5.74) is 0. The topological polar surface area (TPSA) is 72.8 Å². The van der Waals surface area contributed by atoms with Gasteiger partial charge in [-0.2, -0.15) is 0 Å². The van der Waals surface area contributed by atoms with Gasteiger partial charge < -0.3 is 14.6 Å². The van der Waals surface area contributed by atoms with Gasteiger partial charge in [0.05, 0.1) is 24.5 Å². The number of rotatable bonds is 9. The number of aliphatic carboxylic acids is 1. The average molecular weight is 371 g/mol. The molecule has 0 fully saturated rings. The molecule has 0 spiro atoms. The van der Waals surface area contributed by atoms with Crippen LogP contribution in [-0.4, -0.2) is 36.5 Å². The maximum Gasteiger partial charge on any atom is 0.306 e. The van der Waals surface area contributed by atoms with E-state index in [1.54, 1.807) is 13.2 Å². The Hall–Kier alpha value is -1.79. The molecule has 0 aliphatic carbocycles. The molecule has 1 atom stereocenters. The van der Waals surface area contributed by atoms with E-state index in [9.17, 15) is 9.59 Å². The fourth-order valence-electron chi connectivity index (χ4n) is 2.16. The van der Waals surface area contributed by atoms with Crippen LogP contribution in [0.25, 0.3) is 10.1 Å². The summed E-state index contributed by atoms with van der Waals surface area (Å²) in [6.07, 6.45) is 0.710. The number of carbonyl (C=O) groups excluding carboxylic acids is 1. The van der Waals surface area contributed by atoms with Gasteiger partial charge in [-0.25, -0.2) is 0 Å². The van der Waals surface area contributed by atoms with Crippen molar-refractivity contribution >= 4 is 44.8 Å². The number of benzene rings is 1. The molecule has 0 unspecified atom stereocenters. The van der Waals surface area contributed by atoms with Gasteiger partial charge in [0.15, 0.2) is 17.3 Å². The molecule has 0 saturated heterocycles. The van der Waals surface area contributed by atoms with E-state index in [1.807, 2.05) is 12.1 Å². The van der Waals surface area contributed by atoms with Crippen LogP contribution >= 0.6 is 22.9 Å². The van der Waals surface area contributed by atoms with E-state index in [1.165, 1.54) is 18.3 Å². The number of carboxylic acid groups (broad SMARTS) is 1. The van der Waals surface area contributed by atoms with E-state index < -0.39 is 11.9 Å². The first-order valence-corrected chi connectivity index (χ1v) is 8.87. The van der Waals surface area contributed by atoms with Crippen molar-refractivity contribution in [3.05, 3.63) is 23.1 Å². The number of halogens is 1. The third-order valence-corrected chi connectivity index (χ3v) is 4.93. The van der Waals surface area contributed by atoms with E-state index in [0.29, 0.717) is 28.9 Å². The summed E-state index contributed by atoms with van der Waals surface area (Å²) in [5, 5.41) is 9.80. The molecular formula is C17H19ClO5S. The largest absolute Gasteiger partial charge is 0.493 e. The van der Waals surface area contributed by atoms with E-state index in [4.69, 9.17) is 26.2 Å². The minimum Gasteiger partial charge on any atom is -0.493 e. The quantitative estimate of drug-likeness (QED) is 0.406. The molecule has 0 saturated carbocycles. The predicted octanol–water partition coefficient (Wildman–Crippen LogP) is 4.21. The molecule has 7 heteroatoms. The van der Waals surface area contributed by atoms with Crippen LogP contribution < -0.4 is 9.47 Å². The zero-order valence-electron chi connectivity index (χ0n) is 13.5. The summed E-state index contributed by atoms with van der Waals surface area (Å²) in [7, 11) is 1.56. The van der Waals surface area contributed by atoms with Crippen molar-refractivity contribution < 1.29 is 24.2 Å². The van der Waals surface area contributed by atoms with Gasteiger partial charge in [0.2, 0.25) is 0 Å². The fourth-order valence-corrected chi connectivity index (χ4v) is 3.29. The van der Waals surface area contributed by atoms with Gasteiger partial charge in [0, 0.05) is 23.1 Å². The molecule has 2 aromatic rings. The molecule has 5 nitrogen and oxygen atoms in total. The number of thiophene rings is 1. The van der Waals surface area contributed by atoms with E-state index in [-0.39, 0.29) is 12.2 Å². The van der Waals surface area contributed by atoms with Crippen LogP contribution in [0.5, 0.6) is 11.5 Å². The Bertz CT molecular complexity index is 740. The summed E-state index contributed by atoms with van der Waals surface area (Å²) in [4.78, 5) is 23.7. The van der Waals surface area contributed by atoms with Crippen molar-refractivity contribution in [3.8, 4) is 11.5 Å². The van der Waals surface area contributed by atoms with Gasteiger partial charge in [-0.05, 0) is 23.9 Å². The SMILES string of the molecule is COc1cc2sc(C(=O)C[C@H](C)C(=O)O)cc2cc1OCCCCl. The number of ether oxygens (including phenoxy) is 2. The van der Waals surface area contributed by atoms with Gasteiger partial charge >= 0.3 is 5.97 Å². The zero-order chi connectivity index (χ0) is 17.7. The van der Waals surface area contributed by atoms with Crippen LogP contribution in [0.3, 0.4) is 0 Å². The number of carboxylic acids is 1. The van der Waals surface area contributed by atoms with Crippen LogP contribution in [0.4, 0.5) is 0 Å². The van der Waals surface area contributed by atoms with Gasteiger partial charge in [-0.3, -0.25) is 9.59 Å². The summed E-state index contributed by atoms with van der Waals surface area (Å²) >= 11 is 6.98. The first kappa shape index (κ1) is 18.5. The maximum absolute atomic E-state index is 12.2. The third kappa shape index (κ3) is 4.39. The van der Waals surface area contributed by atoms with Gasteiger partial charge in [0.25, 0.3) is 0 Å². The van der Waals surface area contributed by atoms with Crippen LogP contribution in [0, 0.1) is 5.92 Å². The van der Waals surface area contributed by atoms with E-state index >= 15 is 0 Å². The number of alkyl halides is 1. The summed E-state index contributed by atoms with van der Waals surface area (Å²) in [5.74, 6) is -0.131. The predicted molar refractivity (Wildman–Crippen MR) is 95.0 cm³/mol. The molecule has 0 bridgehead atoms. The Labute approximate surface area is 149 Å². The molecule has 24 heavy (non-hydrogen) atoms. The molecule has 0 aliphatic rings. The zero-order valence-corrected chi connectivity index (χ0v) is 15.1. The highest BCUT2D eigenvalue weighted by molar-refractivity contribution is 7.20. The van der Waals surface area contributed by atoms with Crippen molar-refractivity contribution in [1.29, 1.82) is 0 Å². The highest BCUT2D eigenvalue weighted by atomic mass is 35.5. The lowest BCUT2D eigenvalue weighted by Crippen LogP contribution is -2.13. The molecule has 0 radical (unpaired) electrons. The van der Waals surface area contributed by atoms with Crippen LogP contribution in [-0.2, 0) is 4.79 Å². The van der Waals surface area contributed by atoms with Crippen molar-refractivity contribution in [1.82, 2.24) is 0 Å². The lowest BCUT2D eigenvalue weighted by molar-refractivity contribution is -0.141. The normalized spacial score (nSPS) is 12.1. The number of hydrogen-bond donors (Lipinski definition) is 1. The van der Waals surface area contributed by atoms with Crippen molar-refractivity contribution in [2.24, 2.45) is 5.92 Å². The van der Waals surface area contributed by atoms with Crippen LogP contribution in [0.1, 0.15) is 29.4 Å². The van der Waals surface area contributed by atoms with E-state index in [0.717, 1.165) is 16.5 Å². The second kappa shape index (κ2) is 8.35. The Morgan fingerprint density at radius 3 is 2.67 bits per heavy atom. The third-order valence-electron chi connectivity index (χ3n) is 3.53. The Balaban J connectivity index is 2.26. The molecule has 1 aromatic carbocycles. The Morgan fingerprint density at radius 2 is 2.04 bits per heavy atom. The summed E-state index contributed by atoms with van der Waals surface area (Å²) in [6.45, 7) is 2.01. The first-order valence-electron chi connectivity index (χ1n) is 7.52. The average Bonchev–Trinajstić information content (AvgIpc) is 2.97. The monoisotopic (exact) mass is 370 g/mol. The van der Waals surface area contributed by atoms with Crippen LogP contribution in [0.15, 0.2) is 18.2 Å². The van der Waals surface area contributed by atoms with E-state index in [2.05, 4.69) is 0 Å². The highest BCUT2D eigenvalue weighted by Crippen LogP contribution is 2.37. The minimum atomic E-state index is -0.971. The van der Waals surface area contributed by atoms with Gasteiger partial charge in [0.1, 0.15) is 0 Å². The molecule has 1 N–H and O–H groups in total. The van der Waals surface area contributed by atoms with Crippen LogP contribution in [0.2, 0.25) is 0 Å². The molecule has 1 aromatic heterocycles. The van der Waals surface area contributed by atoms with Crippen molar-refractivity contribution in [2.45, 2.75) is 19.8 Å². The van der Waals surface area contributed by atoms with Crippen molar-refractivity contribution in [3.63, 3.8) is 0 Å². The number of ketones is 1. The Morgan fingerprint density at radius 1 is 1.29 bits per heavy atom. The standard InChI is InChI=1S/C17H19ClO5S/c1-10(17(20)21)6-12(19)16-8-11-7-14(23-5-3-4-18)13(22-2)9-15(11)24-16/h7-10H,3-6H2,1-2H3,(H,20,21)/t10-/m0/s1. The number of fused-ring (bicyclic) bond motifs is 1. The number of Topliss-reactive ketones (excluding diaryl/α,β-unsaturated/α-hetero) is 1. The summed E-state index contributed by atoms with van der Waals surface area (Å²) in [6, 6.07) is 5.43. The minimum absolute atomic E-state index is 0.0155. The lowest BCUT2D eigenvalue weighted by Gasteiger charge is -2.10. The molecule has 2 rings (SSSR count). The molecule has 1 heterocycles. The first-order chi connectivity index (χ1) is 11.5. The molecule has 130 valence electrons. The second-order valence-corrected chi connectivity index (χ2v) is 6.87. The highest BCUT2D eigenvalue weighted by Gasteiger charge is 2.19. The molecule has 0 aliphatic heterocycles. The number of carbonyl (C=O) groups is 2. The number of methoxy groups -OCH3 is 1. The maximum atomic E-state index is 12.2. The number of hydrogen-bond acceptors (Lipinski definition) is 5. The van der Waals surface area contributed by atoms with Gasteiger partial charge in [-0.15, -0.1) is 22.9 Å². The molecular weight excluding hydrogens is 352 g/mol. The van der Waals surface area contributed by atoms with Crippen molar-refractivity contribution in [2.75, 3.05) is 19.6 Å². The Kier molecular flexibility index (Phi) is 6.45. The summed E-state index contributed by atoms with van der Waals surface area (Å²) < 4.78 is 11.9. The smallest absolute Gasteiger partial charge is 0.306 e. The second-order valence-electron chi connectivity index (χ2n) is 5.41.